The molecule has 0 spiro atoms. The molecule has 0 saturated carbocycles. The number of carbonyl (C=O) groups is 1. The van der Waals surface area contributed by atoms with Crippen molar-refractivity contribution in [3.63, 3.8) is 0 Å². The van der Waals surface area contributed by atoms with Crippen LogP contribution in [-0.2, 0) is 7.05 Å². The van der Waals surface area contributed by atoms with Crippen LogP contribution in [0.2, 0.25) is 5.02 Å². The lowest BCUT2D eigenvalue weighted by Gasteiger charge is -2.18. The fourth-order valence-electron chi connectivity index (χ4n) is 3.60. The van der Waals surface area contributed by atoms with Crippen LogP contribution in [0, 0.1) is 12.7 Å². The van der Waals surface area contributed by atoms with E-state index in [0.29, 0.717) is 23.4 Å². The van der Waals surface area contributed by atoms with Crippen LogP contribution in [0.15, 0.2) is 54.7 Å². The average molecular weight is 452 g/mol. The van der Waals surface area contributed by atoms with Gasteiger partial charge in [-0.05, 0) is 54.6 Å². The van der Waals surface area contributed by atoms with E-state index in [1.54, 1.807) is 23.0 Å². The zero-order valence-electron chi connectivity index (χ0n) is 18.0. The summed E-state index contributed by atoms with van der Waals surface area (Å²) in [6.45, 7) is 3.85. The third kappa shape index (κ3) is 4.57. The van der Waals surface area contributed by atoms with Crippen LogP contribution in [-0.4, -0.2) is 20.7 Å². The predicted molar refractivity (Wildman–Crippen MR) is 125 cm³/mol. The van der Waals surface area contributed by atoms with Crippen molar-refractivity contribution in [2.75, 3.05) is 5.32 Å². The smallest absolute Gasteiger partial charge is 0.251 e. The second-order valence-corrected chi connectivity index (χ2v) is 8.07. The fourth-order valence-corrected chi connectivity index (χ4v) is 3.72. The number of amides is 1. The lowest BCUT2D eigenvalue weighted by atomic mass is 10.0. The first-order valence-corrected chi connectivity index (χ1v) is 10.6. The molecule has 0 bridgehead atoms. The zero-order chi connectivity index (χ0) is 22.8. The minimum atomic E-state index is -0.501. The highest BCUT2D eigenvalue weighted by Crippen LogP contribution is 2.24. The summed E-state index contributed by atoms with van der Waals surface area (Å²) >= 11 is 5.78. The summed E-state index contributed by atoms with van der Waals surface area (Å²) < 4.78 is 15.6. The topological polar surface area (TPSA) is 71.8 Å². The lowest BCUT2D eigenvalue weighted by Crippen LogP contribution is -2.28. The molecule has 0 aliphatic carbocycles. The summed E-state index contributed by atoms with van der Waals surface area (Å²) in [6.07, 6.45) is 2.37. The Kier molecular flexibility index (Phi) is 6.10. The monoisotopic (exact) mass is 451 g/mol. The van der Waals surface area contributed by atoms with Crippen molar-refractivity contribution in [1.29, 1.82) is 0 Å². The number of halogens is 2. The summed E-state index contributed by atoms with van der Waals surface area (Å²) in [7, 11) is 1.86. The van der Waals surface area contributed by atoms with Crippen molar-refractivity contribution < 1.29 is 9.18 Å². The van der Waals surface area contributed by atoms with Gasteiger partial charge in [0.05, 0.1) is 16.8 Å². The third-order valence-corrected chi connectivity index (χ3v) is 5.61. The second-order valence-electron chi connectivity index (χ2n) is 7.66. The van der Waals surface area contributed by atoms with Crippen molar-refractivity contribution in [2.24, 2.45) is 7.05 Å². The highest BCUT2D eigenvalue weighted by molar-refractivity contribution is 6.30. The molecule has 4 rings (SSSR count). The van der Waals surface area contributed by atoms with Crippen LogP contribution in [0.3, 0.4) is 0 Å². The number of benzene rings is 2. The van der Waals surface area contributed by atoms with Crippen molar-refractivity contribution in [2.45, 2.75) is 26.3 Å². The first-order valence-electron chi connectivity index (χ1n) is 10.3. The molecule has 0 aliphatic heterocycles. The van der Waals surface area contributed by atoms with Crippen LogP contribution in [0.1, 0.15) is 41.0 Å². The van der Waals surface area contributed by atoms with Crippen LogP contribution >= 0.6 is 11.6 Å². The number of hydrogen-bond donors (Lipinski definition) is 2. The molecule has 1 amide bonds. The lowest BCUT2D eigenvalue weighted by molar-refractivity contribution is 0.0935. The van der Waals surface area contributed by atoms with Gasteiger partial charge in [0.25, 0.3) is 5.91 Å². The average Bonchev–Trinajstić information content (AvgIpc) is 3.09. The molecular weight excluding hydrogens is 429 g/mol. The first-order chi connectivity index (χ1) is 15.3. The molecule has 8 heteroatoms. The van der Waals surface area contributed by atoms with Gasteiger partial charge in [0, 0.05) is 30.3 Å². The molecule has 0 saturated heterocycles. The summed E-state index contributed by atoms with van der Waals surface area (Å²) in [5, 5.41) is 12.4. The van der Waals surface area contributed by atoms with Gasteiger partial charge >= 0.3 is 0 Å². The molecule has 32 heavy (non-hydrogen) atoms. The van der Waals surface area contributed by atoms with Gasteiger partial charge in [-0.1, -0.05) is 30.7 Å². The highest BCUT2D eigenvalue weighted by Gasteiger charge is 2.16. The number of aryl methyl sites for hydroxylation is 2. The number of nitrogens with one attached hydrogen (secondary N) is 2. The van der Waals surface area contributed by atoms with Gasteiger partial charge in [0.15, 0.2) is 0 Å². The quantitative estimate of drug-likeness (QED) is 0.394. The van der Waals surface area contributed by atoms with Crippen LogP contribution in [0.25, 0.3) is 10.8 Å². The number of carbonyl (C=O) groups excluding carboxylic acids is 1. The summed E-state index contributed by atoms with van der Waals surface area (Å²) in [4.78, 5) is 17.4. The van der Waals surface area contributed by atoms with E-state index in [4.69, 9.17) is 11.6 Å². The maximum atomic E-state index is 13.9. The Bertz CT molecular complexity index is 1300. The van der Waals surface area contributed by atoms with Crippen molar-refractivity contribution in [1.82, 2.24) is 20.1 Å². The third-order valence-electron chi connectivity index (χ3n) is 5.30. The molecule has 2 aromatic heterocycles. The van der Waals surface area contributed by atoms with Gasteiger partial charge in [0.2, 0.25) is 0 Å². The van der Waals surface area contributed by atoms with Gasteiger partial charge in [0.1, 0.15) is 17.5 Å². The minimum Gasteiger partial charge on any atom is -0.345 e. The fraction of sp³-hybridized carbons (Fsp3) is 0.208. The molecule has 0 fully saturated rings. The number of fused-ring (bicyclic) bond motifs is 1. The molecule has 6 nitrogen and oxygen atoms in total. The van der Waals surface area contributed by atoms with Gasteiger partial charge in [-0.15, -0.1) is 0 Å². The summed E-state index contributed by atoms with van der Waals surface area (Å²) in [5.74, 6) is 0.742. The highest BCUT2D eigenvalue weighted by atomic mass is 35.5. The van der Waals surface area contributed by atoms with Crippen LogP contribution in [0.5, 0.6) is 0 Å². The van der Waals surface area contributed by atoms with E-state index in [9.17, 15) is 9.18 Å². The maximum absolute atomic E-state index is 13.9. The molecule has 0 aliphatic rings. The first kappa shape index (κ1) is 21.8. The van der Waals surface area contributed by atoms with E-state index in [-0.39, 0.29) is 17.0 Å². The molecule has 2 heterocycles. The SMILES string of the molecule is CCC(NC(=O)c1ccc2cnc(Nc3cc(C)nn3C)cc2c1)c1ccc(Cl)c(F)c1. The van der Waals surface area contributed by atoms with E-state index in [0.717, 1.165) is 22.3 Å². The maximum Gasteiger partial charge on any atom is 0.251 e. The number of anilines is 2. The summed E-state index contributed by atoms with van der Waals surface area (Å²) in [6, 6.07) is 13.5. The van der Waals surface area contributed by atoms with Gasteiger partial charge in [-0.2, -0.15) is 5.10 Å². The van der Waals surface area contributed by atoms with E-state index in [1.807, 2.05) is 45.2 Å². The minimum absolute atomic E-state index is 0.0590. The Morgan fingerprint density at radius 2 is 1.97 bits per heavy atom. The van der Waals surface area contributed by atoms with Gasteiger partial charge < -0.3 is 10.6 Å². The van der Waals surface area contributed by atoms with Crippen LogP contribution < -0.4 is 10.6 Å². The van der Waals surface area contributed by atoms with Crippen molar-refractivity contribution >= 4 is 39.9 Å². The van der Waals surface area contributed by atoms with Crippen molar-refractivity contribution in [3.8, 4) is 0 Å². The van der Waals surface area contributed by atoms with Gasteiger partial charge in [-0.25, -0.2) is 9.37 Å². The Morgan fingerprint density at radius 1 is 1.16 bits per heavy atom. The Labute approximate surface area is 190 Å². The standard InChI is InChI=1S/C24H23ClFN5O/c1-4-21(15-7-8-19(25)20(26)11-15)28-24(32)16-5-6-17-13-27-22(12-18(17)10-16)29-23-9-14(2)30-31(23)3/h5-13,21H,4H2,1-3H3,(H,27,29)(H,28,32). The summed E-state index contributed by atoms with van der Waals surface area (Å²) in [5.41, 5.74) is 2.09. The second kappa shape index (κ2) is 8.96. The molecule has 4 aromatic rings. The van der Waals surface area contributed by atoms with Gasteiger partial charge in [-0.3, -0.25) is 9.48 Å². The molecule has 1 unspecified atom stereocenters. The predicted octanol–water partition coefficient (Wildman–Crippen LogP) is 5.69. The number of nitrogens with zero attached hydrogens (tertiary/aromatic N) is 3. The Morgan fingerprint density at radius 3 is 2.66 bits per heavy atom. The molecule has 1 atom stereocenters. The number of hydrogen-bond acceptors (Lipinski definition) is 4. The number of pyridine rings is 1. The van der Waals surface area contributed by atoms with E-state index >= 15 is 0 Å². The van der Waals surface area contributed by atoms with E-state index in [1.165, 1.54) is 12.1 Å². The number of rotatable bonds is 6. The van der Waals surface area contributed by atoms with E-state index in [2.05, 4.69) is 20.7 Å². The molecule has 2 aromatic carbocycles. The number of aromatic nitrogens is 3. The Hall–Kier alpha value is -3.45. The van der Waals surface area contributed by atoms with Crippen molar-refractivity contribution in [3.05, 3.63) is 82.4 Å². The largest absolute Gasteiger partial charge is 0.345 e. The molecule has 164 valence electrons. The Balaban J connectivity index is 1.56. The van der Waals surface area contributed by atoms with E-state index < -0.39 is 5.82 Å². The molecular formula is C24H23ClFN5O. The molecule has 2 N–H and O–H groups in total. The normalized spacial score (nSPS) is 12.0. The zero-order valence-corrected chi connectivity index (χ0v) is 18.7. The molecule has 0 radical (unpaired) electrons. The van der Waals surface area contributed by atoms with Crippen LogP contribution in [0.4, 0.5) is 16.0 Å².